The summed E-state index contributed by atoms with van der Waals surface area (Å²) in [5.41, 5.74) is 7.05. The van der Waals surface area contributed by atoms with Gasteiger partial charge in [0.2, 0.25) is 17.7 Å². The van der Waals surface area contributed by atoms with E-state index < -0.39 is 59.7 Å². The molecular weight excluding hydrogens is 520 g/mol. The summed E-state index contributed by atoms with van der Waals surface area (Å²) >= 11 is 0. The van der Waals surface area contributed by atoms with Crippen LogP contribution in [0.4, 0.5) is 0 Å². The SMILES string of the molecule is CC(C)C(NC(=O)C(N)CCC(=O)O)C(=O)NC(Cc1ccc(O)cc1)C(=O)NC(Cc1ccccc1)C(=O)O. The van der Waals surface area contributed by atoms with E-state index in [0.717, 1.165) is 0 Å². The summed E-state index contributed by atoms with van der Waals surface area (Å²) < 4.78 is 0. The summed E-state index contributed by atoms with van der Waals surface area (Å²) in [7, 11) is 0. The van der Waals surface area contributed by atoms with Crippen molar-refractivity contribution in [2.75, 3.05) is 0 Å². The van der Waals surface area contributed by atoms with Crippen LogP contribution in [0.25, 0.3) is 0 Å². The molecule has 216 valence electrons. The Balaban J connectivity index is 2.23. The Morgan fingerprint density at radius 3 is 1.85 bits per heavy atom. The van der Waals surface area contributed by atoms with E-state index in [0.29, 0.717) is 11.1 Å². The van der Waals surface area contributed by atoms with E-state index in [9.17, 15) is 34.2 Å². The minimum Gasteiger partial charge on any atom is -0.508 e. The highest BCUT2D eigenvalue weighted by Gasteiger charge is 2.32. The zero-order valence-corrected chi connectivity index (χ0v) is 22.4. The van der Waals surface area contributed by atoms with Crippen molar-refractivity contribution in [1.29, 1.82) is 0 Å². The highest BCUT2D eigenvalue weighted by Crippen LogP contribution is 2.13. The summed E-state index contributed by atoms with van der Waals surface area (Å²) in [5.74, 6) is -4.98. The number of carbonyl (C=O) groups is 5. The van der Waals surface area contributed by atoms with Gasteiger partial charge in [-0.1, -0.05) is 56.3 Å². The third-order valence-corrected chi connectivity index (χ3v) is 6.16. The Bertz CT molecular complexity index is 1170. The highest BCUT2D eigenvalue weighted by atomic mass is 16.4. The van der Waals surface area contributed by atoms with E-state index >= 15 is 0 Å². The molecule has 0 bridgehead atoms. The van der Waals surface area contributed by atoms with Crippen LogP contribution in [-0.2, 0) is 36.8 Å². The van der Waals surface area contributed by atoms with Crippen molar-refractivity contribution < 1.29 is 39.3 Å². The van der Waals surface area contributed by atoms with E-state index in [1.54, 1.807) is 56.3 Å². The van der Waals surface area contributed by atoms with Crippen LogP contribution in [0, 0.1) is 5.92 Å². The molecule has 0 aromatic heterocycles. The number of amides is 3. The van der Waals surface area contributed by atoms with Crippen LogP contribution in [0.2, 0.25) is 0 Å². The predicted octanol–water partition coefficient (Wildman–Crippen LogP) is 0.565. The lowest BCUT2D eigenvalue weighted by atomic mass is 9.99. The van der Waals surface area contributed by atoms with E-state index in [1.165, 1.54) is 12.1 Å². The van der Waals surface area contributed by atoms with Gasteiger partial charge in [-0.05, 0) is 35.6 Å². The Morgan fingerprint density at radius 1 is 0.750 bits per heavy atom. The molecule has 8 N–H and O–H groups in total. The normalized spacial score (nSPS) is 13.9. The lowest BCUT2D eigenvalue weighted by Gasteiger charge is -2.27. The molecule has 40 heavy (non-hydrogen) atoms. The summed E-state index contributed by atoms with van der Waals surface area (Å²) in [6.45, 7) is 3.34. The minimum absolute atomic E-state index is 0.00408. The van der Waals surface area contributed by atoms with Crippen molar-refractivity contribution in [3.63, 3.8) is 0 Å². The van der Waals surface area contributed by atoms with Crippen LogP contribution in [0.15, 0.2) is 54.6 Å². The maximum absolute atomic E-state index is 13.3. The van der Waals surface area contributed by atoms with E-state index in [1.807, 2.05) is 0 Å². The van der Waals surface area contributed by atoms with Gasteiger partial charge in [-0.3, -0.25) is 19.2 Å². The molecule has 3 amide bonds. The number of carboxylic acid groups (broad SMARTS) is 2. The number of hydrogen-bond donors (Lipinski definition) is 7. The summed E-state index contributed by atoms with van der Waals surface area (Å²) in [6.07, 6.45) is -0.472. The molecule has 12 heteroatoms. The quantitative estimate of drug-likeness (QED) is 0.163. The Hall–Kier alpha value is -4.45. The number of hydrogen-bond acceptors (Lipinski definition) is 7. The van der Waals surface area contributed by atoms with Gasteiger partial charge >= 0.3 is 11.9 Å². The molecular formula is C28H36N4O8. The zero-order valence-electron chi connectivity index (χ0n) is 22.4. The third kappa shape index (κ3) is 10.4. The predicted molar refractivity (Wildman–Crippen MR) is 145 cm³/mol. The maximum atomic E-state index is 13.3. The second-order valence-corrected chi connectivity index (χ2v) is 9.79. The van der Waals surface area contributed by atoms with Crippen LogP contribution in [0.3, 0.4) is 0 Å². The van der Waals surface area contributed by atoms with Crippen molar-refractivity contribution in [1.82, 2.24) is 16.0 Å². The topological polar surface area (TPSA) is 208 Å². The zero-order chi connectivity index (χ0) is 29.8. The summed E-state index contributed by atoms with van der Waals surface area (Å²) in [4.78, 5) is 61.9. The number of phenols is 1. The molecule has 12 nitrogen and oxygen atoms in total. The van der Waals surface area contributed by atoms with Gasteiger partial charge in [0, 0.05) is 19.3 Å². The largest absolute Gasteiger partial charge is 0.508 e. The van der Waals surface area contributed by atoms with Crippen LogP contribution in [0.5, 0.6) is 5.75 Å². The number of nitrogens with two attached hydrogens (primary N) is 1. The fourth-order valence-electron chi connectivity index (χ4n) is 3.87. The molecule has 0 saturated carbocycles. The van der Waals surface area contributed by atoms with Crippen molar-refractivity contribution in [3.8, 4) is 5.75 Å². The molecule has 0 heterocycles. The molecule has 0 spiro atoms. The van der Waals surface area contributed by atoms with Crippen molar-refractivity contribution in [2.24, 2.45) is 11.7 Å². The first-order valence-corrected chi connectivity index (χ1v) is 12.8. The average Bonchev–Trinajstić information content (AvgIpc) is 2.90. The lowest BCUT2D eigenvalue weighted by Crippen LogP contribution is -2.59. The maximum Gasteiger partial charge on any atom is 0.326 e. The van der Waals surface area contributed by atoms with Gasteiger partial charge in [0.05, 0.1) is 6.04 Å². The summed E-state index contributed by atoms with van der Waals surface area (Å²) in [6, 6.07) is 9.91. The van der Waals surface area contributed by atoms with Crippen LogP contribution < -0.4 is 21.7 Å². The minimum atomic E-state index is -1.28. The Morgan fingerprint density at radius 2 is 1.30 bits per heavy atom. The molecule has 0 aliphatic heterocycles. The number of aromatic hydroxyl groups is 1. The molecule has 0 fully saturated rings. The fraction of sp³-hybridized carbons (Fsp3) is 0.393. The first kappa shape index (κ1) is 31.8. The van der Waals surface area contributed by atoms with Gasteiger partial charge in [-0.2, -0.15) is 0 Å². The molecule has 4 atom stereocenters. The Kier molecular flexibility index (Phi) is 12.1. The number of rotatable bonds is 15. The number of aliphatic carboxylic acids is 2. The van der Waals surface area contributed by atoms with E-state index in [4.69, 9.17) is 10.8 Å². The molecule has 0 radical (unpaired) electrons. The van der Waals surface area contributed by atoms with Gasteiger partial charge in [0.1, 0.15) is 23.9 Å². The molecule has 0 aliphatic carbocycles. The molecule has 4 unspecified atom stereocenters. The standard InChI is InChI=1S/C28H36N4O8/c1-16(2)24(32-25(36)20(29)12-13-23(34)35)27(38)30-21(14-18-8-10-19(33)11-9-18)26(37)31-22(28(39)40)15-17-6-4-3-5-7-17/h3-11,16,20-22,24,33H,12-15,29H2,1-2H3,(H,30,38)(H,31,37)(H,32,36)(H,34,35)(H,39,40). The van der Waals surface area contributed by atoms with Crippen LogP contribution in [-0.4, -0.2) is 69.1 Å². The first-order valence-electron chi connectivity index (χ1n) is 12.8. The lowest BCUT2D eigenvalue weighted by molar-refractivity contribution is -0.142. The fourth-order valence-corrected chi connectivity index (χ4v) is 3.87. The number of carboxylic acids is 2. The Labute approximate surface area is 232 Å². The van der Waals surface area contributed by atoms with Crippen molar-refractivity contribution in [2.45, 2.75) is 63.7 Å². The molecule has 0 saturated heterocycles. The second-order valence-electron chi connectivity index (χ2n) is 9.79. The molecule has 2 aromatic rings. The second kappa shape index (κ2) is 15.2. The summed E-state index contributed by atoms with van der Waals surface area (Å²) in [5, 5.41) is 35.8. The number of nitrogens with one attached hydrogen (secondary N) is 3. The van der Waals surface area contributed by atoms with Crippen molar-refractivity contribution in [3.05, 3.63) is 65.7 Å². The molecule has 2 aromatic carbocycles. The number of phenolic OH excluding ortho intramolecular Hbond substituents is 1. The first-order chi connectivity index (χ1) is 18.9. The number of benzene rings is 2. The number of carbonyl (C=O) groups excluding carboxylic acids is 3. The highest BCUT2D eigenvalue weighted by molar-refractivity contribution is 5.94. The van der Waals surface area contributed by atoms with Gasteiger partial charge in [-0.15, -0.1) is 0 Å². The van der Waals surface area contributed by atoms with Crippen LogP contribution >= 0.6 is 0 Å². The van der Waals surface area contributed by atoms with Gasteiger partial charge in [0.25, 0.3) is 0 Å². The third-order valence-electron chi connectivity index (χ3n) is 6.16. The monoisotopic (exact) mass is 556 g/mol. The van der Waals surface area contributed by atoms with Gasteiger partial charge < -0.3 is 37.0 Å². The molecule has 0 aliphatic rings. The van der Waals surface area contributed by atoms with E-state index in [-0.39, 0.29) is 31.4 Å². The van der Waals surface area contributed by atoms with Gasteiger partial charge in [-0.25, -0.2) is 4.79 Å². The van der Waals surface area contributed by atoms with Crippen LogP contribution in [0.1, 0.15) is 37.8 Å². The smallest absolute Gasteiger partial charge is 0.326 e. The molecule has 2 rings (SSSR count). The van der Waals surface area contributed by atoms with Gasteiger partial charge in [0.15, 0.2) is 0 Å². The average molecular weight is 557 g/mol. The van der Waals surface area contributed by atoms with E-state index in [2.05, 4.69) is 16.0 Å². The van der Waals surface area contributed by atoms with Crippen molar-refractivity contribution >= 4 is 29.7 Å².